The first-order chi connectivity index (χ1) is 12.6. The SMILES string of the molecule is CCn1c2ccccc2c2cc(/C=C/C(=O)N(C)C(C)CC#N)ccc21. The number of amides is 1. The van der Waals surface area contributed by atoms with Crippen molar-refractivity contribution in [1.29, 1.82) is 5.26 Å². The number of benzene rings is 2. The Kier molecular flexibility index (Phi) is 5.09. The smallest absolute Gasteiger partial charge is 0.246 e. The third kappa shape index (κ3) is 3.21. The molecule has 0 saturated heterocycles. The summed E-state index contributed by atoms with van der Waals surface area (Å²) >= 11 is 0. The van der Waals surface area contributed by atoms with Gasteiger partial charge in [0.2, 0.25) is 5.91 Å². The summed E-state index contributed by atoms with van der Waals surface area (Å²) in [6, 6.07) is 16.7. The highest BCUT2D eigenvalue weighted by molar-refractivity contribution is 6.08. The van der Waals surface area contributed by atoms with E-state index in [-0.39, 0.29) is 11.9 Å². The molecule has 3 rings (SSSR count). The first-order valence-corrected chi connectivity index (χ1v) is 8.89. The minimum Gasteiger partial charge on any atom is -0.341 e. The standard InChI is InChI=1S/C22H23N3O/c1-4-25-20-8-6-5-7-18(20)19-15-17(9-11-21(19)25)10-12-22(26)24(3)16(2)13-14-23/h5-12,15-16H,4,13H2,1-3H3/b12-10+. The molecule has 0 radical (unpaired) electrons. The highest BCUT2D eigenvalue weighted by atomic mass is 16.2. The van der Waals surface area contributed by atoms with Crippen molar-refractivity contribution in [3.8, 4) is 6.07 Å². The Morgan fingerprint density at radius 1 is 1.23 bits per heavy atom. The molecule has 26 heavy (non-hydrogen) atoms. The lowest BCUT2D eigenvalue weighted by molar-refractivity contribution is -0.126. The van der Waals surface area contributed by atoms with E-state index >= 15 is 0 Å². The van der Waals surface area contributed by atoms with Crippen molar-refractivity contribution in [1.82, 2.24) is 9.47 Å². The molecule has 1 heterocycles. The molecule has 1 amide bonds. The average molecular weight is 345 g/mol. The monoisotopic (exact) mass is 345 g/mol. The zero-order chi connectivity index (χ0) is 18.7. The van der Waals surface area contributed by atoms with Gasteiger partial charge in [-0.2, -0.15) is 5.26 Å². The third-order valence-corrected chi connectivity index (χ3v) is 4.93. The molecule has 2 aromatic carbocycles. The van der Waals surface area contributed by atoms with Crippen LogP contribution in [0.25, 0.3) is 27.9 Å². The molecule has 0 N–H and O–H groups in total. The summed E-state index contributed by atoms with van der Waals surface area (Å²) in [5, 5.41) is 11.2. The van der Waals surface area contributed by atoms with E-state index in [4.69, 9.17) is 5.26 Å². The van der Waals surface area contributed by atoms with Crippen LogP contribution in [-0.2, 0) is 11.3 Å². The molecule has 1 atom stereocenters. The number of nitrogens with zero attached hydrogens (tertiary/aromatic N) is 3. The first-order valence-electron chi connectivity index (χ1n) is 8.89. The molecule has 132 valence electrons. The van der Waals surface area contributed by atoms with E-state index in [9.17, 15) is 4.79 Å². The lowest BCUT2D eigenvalue weighted by atomic mass is 10.1. The van der Waals surface area contributed by atoms with Crippen molar-refractivity contribution < 1.29 is 4.79 Å². The Balaban J connectivity index is 1.94. The maximum Gasteiger partial charge on any atom is 0.246 e. The van der Waals surface area contributed by atoms with Gasteiger partial charge in [-0.05, 0) is 43.7 Å². The zero-order valence-electron chi connectivity index (χ0n) is 15.4. The number of aryl methyl sites for hydroxylation is 1. The van der Waals surface area contributed by atoms with Gasteiger partial charge < -0.3 is 9.47 Å². The van der Waals surface area contributed by atoms with Gasteiger partial charge in [0, 0.05) is 47.5 Å². The molecule has 4 nitrogen and oxygen atoms in total. The van der Waals surface area contributed by atoms with Gasteiger partial charge in [0.15, 0.2) is 0 Å². The number of aromatic nitrogens is 1. The van der Waals surface area contributed by atoms with Crippen LogP contribution in [0.2, 0.25) is 0 Å². The average Bonchev–Trinajstić information content (AvgIpc) is 2.98. The van der Waals surface area contributed by atoms with E-state index in [0.717, 1.165) is 12.1 Å². The number of nitriles is 1. The second-order valence-electron chi connectivity index (χ2n) is 6.53. The molecular weight excluding hydrogens is 322 g/mol. The molecule has 0 saturated carbocycles. The number of carbonyl (C=O) groups excluding carboxylic acids is 1. The summed E-state index contributed by atoms with van der Waals surface area (Å²) in [6.07, 6.45) is 3.75. The van der Waals surface area contributed by atoms with Gasteiger partial charge in [0.25, 0.3) is 0 Å². The van der Waals surface area contributed by atoms with Crippen LogP contribution < -0.4 is 0 Å². The normalized spacial score (nSPS) is 12.5. The molecular formula is C22H23N3O. The summed E-state index contributed by atoms with van der Waals surface area (Å²) in [6.45, 7) is 4.94. The Bertz CT molecular complexity index is 1020. The topological polar surface area (TPSA) is 49.0 Å². The molecule has 0 spiro atoms. The van der Waals surface area contributed by atoms with Crippen LogP contribution in [0.15, 0.2) is 48.5 Å². The van der Waals surface area contributed by atoms with E-state index < -0.39 is 0 Å². The molecule has 3 aromatic rings. The number of fused-ring (bicyclic) bond motifs is 3. The summed E-state index contributed by atoms with van der Waals surface area (Å²) in [7, 11) is 1.73. The van der Waals surface area contributed by atoms with Crippen LogP contribution in [-0.4, -0.2) is 28.5 Å². The number of hydrogen-bond donors (Lipinski definition) is 0. The predicted molar refractivity (Wildman–Crippen MR) is 107 cm³/mol. The fraction of sp³-hybridized carbons (Fsp3) is 0.273. The molecule has 1 aromatic heterocycles. The highest BCUT2D eigenvalue weighted by Crippen LogP contribution is 2.29. The van der Waals surface area contributed by atoms with Crippen molar-refractivity contribution in [2.75, 3.05) is 7.05 Å². The summed E-state index contributed by atoms with van der Waals surface area (Å²) in [5.41, 5.74) is 3.43. The van der Waals surface area contributed by atoms with Gasteiger partial charge in [0.05, 0.1) is 12.5 Å². The molecule has 4 heteroatoms. The molecule has 0 aliphatic carbocycles. The summed E-state index contributed by atoms with van der Waals surface area (Å²) in [4.78, 5) is 13.9. The van der Waals surface area contributed by atoms with E-state index in [1.165, 1.54) is 21.8 Å². The Labute approximate surface area is 153 Å². The number of hydrogen-bond acceptors (Lipinski definition) is 2. The van der Waals surface area contributed by atoms with Gasteiger partial charge in [-0.1, -0.05) is 24.3 Å². The van der Waals surface area contributed by atoms with Crippen LogP contribution in [0.3, 0.4) is 0 Å². The van der Waals surface area contributed by atoms with Crippen LogP contribution in [0, 0.1) is 11.3 Å². The van der Waals surface area contributed by atoms with Crippen LogP contribution >= 0.6 is 0 Å². The zero-order valence-corrected chi connectivity index (χ0v) is 15.4. The fourth-order valence-electron chi connectivity index (χ4n) is 3.29. The quantitative estimate of drug-likeness (QED) is 0.635. The van der Waals surface area contributed by atoms with Gasteiger partial charge in [0.1, 0.15) is 0 Å². The maximum absolute atomic E-state index is 12.3. The van der Waals surface area contributed by atoms with Gasteiger partial charge >= 0.3 is 0 Å². The van der Waals surface area contributed by atoms with E-state index in [0.29, 0.717) is 6.42 Å². The number of likely N-dealkylation sites (N-methyl/N-ethyl adjacent to an activating group) is 1. The lowest BCUT2D eigenvalue weighted by Crippen LogP contribution is -2.33. The lowest BCUT2D eigenvalue weighted by Gasteiger charge is -2.21. The number of rotatable bonds is 5. The third-order valence-electron chi connectivity index (χ3n) is 4.93. The molecule has 1 unspecified atom stereocenters. The largest absolute Gasteiger partial charge is 0.341 e. The summed E-state index contributed by atoms with van der Waals surface area (Å²) in [5.74, 6) is -0.0937. The van der Waals surface area contributed by atoms with Gasteiger partial charge in [-0.3, -0.25) is 4.79 Å². The van der Waals surface area contributed by atoms with Crippen molar-refractivity contribution in [3.05, 3.63) is 54.1 Å². The second-order valence-corrected chi connectivity index (χ2v) is 6.53. The van der Waals surface area contributed by atoms with Crippen molar-refractivity contribution >= 4 is 33.8 Å². The van der Waals surface area contributed by atoms with Crippen LogP contribution in [0.1, 0.15) is 25.8 Å². The van der Waals surface area contributed by atoms with Crippen molar-refractivity contribution in [3.63, 3.8) is 0 Å². The predicted octanol–water partition coefficient (Wildman–Crippen LogP) is 4.59. The van der Waals surface area contributed by atoms with Gasteiger partial charge in [-0.25, -0.2) is 0 Å². The Morgan fingerprint density at radius 3 is 2.69 bits per heavy atom. The molecule has 0 bridgehead atoms. The van der Waals surface area contributed by atoms with E-state index in [2.05, 4.69) is 54.0 Å². The minimum atomic E-state index is -0.0952. The molecule has 0 aliphatic rings. The first kappa shape index (κ1) is 17.8. The van der Waals surface area contributed by atoms with Crippen LogP contribution in [0.4, 0.5) is 0 Å². The Morgan fingerprint density at radius 2 is 1.96 bits per heavy atom. The highest BCUT2D eigenvalue weighted by Gasteiger charge is 2.13. The van der Waals surface area contributed by atoms with Crippen molar-refractivity contribution in [2.45, 2.75) is 32.9 Å². The molecule has 0 fully saturated rings. The Hall–Kier alpha value is -3.06. The minimum absolute atomic E-state index is 0.0937. The molecule has 0 aliphatic heterocycles. The van der Waals surface area contributed by atoms with E-state index in [1.807, 2.05) is 19.1 Å². The van der Waals surface area contributed by atoms with Crippen LogP contribution in [0.5, 0.6) is 0 Å². The van der Waals surface area contributed by atoms with Crippen molar-refractivity contribution in [2.24, 2.45) is 0 Å². The second kappa shape index (κ2) is 7.45. The number of carbonyl (C=O) groups is 1. The summed E-state index contributed by atoms with van der Waals surface area (Å²) < 4.78 is 2.31. The number of para-hydroxylation sites is 1. The fourth-order valence-corrected chi connectivity index (χ4v) is 3.29. The van der Waals surface area contributed by atoms with Gasteiger partial charge in [-0.15, -0.1) is 0 Å². The maximum atomic E-state index is 12.3. The van der Waals surface area contributed by atoms with E-state index in [1.54, 1.807) is 18.0 Å².